The molecule has 0 saturated heterocycles. The Bertz CT molecular complexity index is 525. The number of carbonyl (C=O) groups is 1. The number of aromatic nitrogens is 1. The third kappa shape index (κ3) is 2.94. The molecule has 0 aliphatic heterocycles. The van der Waals surface area contributed by atoms with Crippen LogP contribution in [-0.2, 0) is 11.3 Å². The number of hydrogen-bond acceptors (Lipinski definition) is 4. The van der Waals surface area contributed by atoms with Gasteiger partial charge in [0.2, 0.25) is 5.91 Å². The van der Waals surface area contributed by atoms with Gasteiger partial charge in [0.1, 0.15) is 6.04 Å². The maximum Gasteiger partial charge on any atom is 0.242 e. The number of nitrogens with zero attached hydrogens (tertiary/aromatic N) is 1. The molecular weight excluding hydrogens is 246 g/mol. The highest BCUT2D eigenvalue weighted by atomic mass is 32.1. The molecule has 0 bridgehead atoms. The largest absolute Gasteiger partial charge is 0.350 e. The summed E-state index contributed by atoms with van der Waals surface area (Å²) in [6.45, 7) is 2.44. The molecule has 18 heavy (non-hydrogen) atoms. The Morgan fingerprint density at radius 3 is 3.06 bits per heavy atom. The second-order valence-electron chi connectivity index (χ2n) is 4.01. The van der Waals surface area contributed by atoms with Crippen molar-refractivity contribution in [3.63, 3.8) is 0 Å². The fraction of sp³-hybridized carbons (Fsp3) is 0.231. The summed E-state index contributed by atoms with van der Waals surface area (Å²) in [6.07, 6.45) is 3.49. The Morgan fingerprint density at radius 1 is 1.56 bits per heavy atom. The van der Waals surface area contributed by atoms with Gasteiger partial charge in [-0.25, -0.2) is 0 Å². The highest BCUT2D eigenvalue weighted by Gasteiger charge is 2.16. The van der Waals surface area contributed by atoms with Crippen LogP contribution in [0, 0.1) is 6.92 Å². The molecule has 0 radical (unpaired) electrons. The van der Waals surface area contributed by atoms with Crippen LogP contribution in [0.1, 0.15) is 22.0 Å². The molecule has 94 valence electrons. The van der Waals surface area contributed by atoms with E-state index in [0.717, 1.165) is 16.0 Å². The van der Waals surface area contributed by atoms with E-state index in [1.807, 2.05) is 30.5 Å². The number of rotatable bonds is 4. The molecule has 0 fully saturated rings. The van der Waals surface area contributed by atoms with Crippen molar-refractivity contribution in [3.05, 3.63) is 52.0 Å². The second kappa shape index (κ2) is 5.75. The van der Waals surface area contributed by atoms with Crippen LogP contribution in [0.5, 0.6) is 0 Å². The summed E-state index contributed by atoms with van der Waals surface area (Å²) in [7, 11) is 0. The van der Waals surface area contributed by atoms with Gasteiger partial charge in [-0.2, -0.15) is 0 Å². The summed E-state index contributed by atoms with van der Waals surface area (Å²) < 4.78 is 0. The standard InChI is InChI=1S/C13H15N3OS/c1-9-7-15-5-4-10(9)8-16-13(17)12(14)11-3-2-6-18-11/h2-7,12H,8,14H2,1H3,(H,16,17). The molecule has 0 aromatic carbocycles. The minimum absolute atomic E-state index is 0.159. The zero-order valence-corrected chi connectivity index (χ0v) is 10.9. The van der Waals surface area contributed by atoms with E-state index >= 15 is 0 Å². The summed E-state index contributed by atoms with van der Waals surface area (Å²) >= 11 is 1.49. The molecule has 0 aliphatic rings. The first-order valence-electron chi connectivity index (χ1n) is 5.64. The number of aryl methyl sites for hydroxylation is 1. The normalized spacial score (nSPS) is 12.1. The fourth-order valence-electron chi connectivity index (χ4n) is 1.59. The van der Waals surface area contributed by atoms with Gasteiger partial charge >= 0.3 is 0 Å². The van der Waals surface area contributed by atoms with Crippen LogP contribution in [0.25, 0.3) is 0 Å². The van der Waals surface area contributed by atoms with E-state index in [0.29, 0.717) is 6.54 Å². The molecule has 1 unspecified atom stereocenters. The molecule has 4 nitrogen and oxygen atoms in total. The molecule has 3 N–H and O–H groups in total. The van der Waals surface area contributed by atoms with Crippen LogP contribution < -0.4 is 11.1 Å². The van der Waals surface area contributed by atoms with E-state index in [1.54, 1.807) is 12.4 Å². The minimum Gasteiger partial charge on any atom is -0.350 e. The summed E-state index contributed by atoms with van der Waals surface area (Å²) in [5, 5.41) is 4.75. The van der Waals surface area contributed by atoms with Gasteiger partial charge in [0.05, 0.1) is 0 Å². The third-order valence-electron chi connectivity index (χ3n) is 2.72. The van der Waals surface area contributed by atoms with Crippen molar-refractivity contribution in [1.82, 2.24) is 10.3 Å². The maximum absolute atomic E-state index is 11.9. The number of carbonyl (C=O) groups excluding carboxylic acids is 1. The molecular formula is C13H15N3OS. The van der Waals surface area contributed by atoms with Crippen LogP contribution in [0.4, 0.5) is 0 Å². The lowest BCUT2D eigenvalue weighted by molar-refractivity contribution is -0.122. The van der Waals surface area contributed by atoms with Crippen molar-refractivity contribution in [2.75, 3.05) is 0 Å². The lowest BCUT2D eigenvalue weighted by Gasteiger charge is -2.11. The first-order valence-corrected chi connectivity index (χ1v) is 6.52. The number of nitrogens with two attached hydrogens (primary N) is 1. The van der Waals surface area contributed by atoms with Crippen molar-refractivity contribution >= 4 is 17.2 Å². The van der Waals surface area contributed by atoms with Gasteiger partial charge in [0, 0.05) is 23.8 Å². The summed E-state index contributed by atoms with van der Waals surface area (Å²) in [5.41, 5.74) is 7.98. The Morgan fingerprint density at radius 2 is 2.39 bits per heavy atom. The summed E-state index contributed by atoms with van der Waals surface area (Å²) in [6, 6.07) is 5.06. The van der Waals surface area contributed by atoms with Crippen molar-refractivity contribution in [2.45, 2.75) is 19.5 Å². The van der Waals surface area contributed by atoms with Gasteiger partial charge in [0.15, 0.2) is 0 Å². The molecule has 1 amide bonds. The van der Waals surface area contributed by atoms with Crippen molar-refractivity contribution in [3.8, 4) is 0 Å². The molecule has 0 saturated carbocycles. The Balaban J connectivity index is 1.95. The van der Waals surface area contributed by atoms with E-state index in [4.69, 9.17) is 5.73 Å². The average Bonchev–Trinajstić information content (AvgIpc) is 2.90. The van der Waals surface area contributed by atoms with Crippen LogP contribution >= 0.6 is 11.3 Å². The van der Waals surface area contributed by atoms with Gasteiger partial charge in [-0.1, -0.05) is 6.07 Å². The number of hydrogen-bond donors (Lipinski definition) is 2. The summed E-state index contributed by atoms with van der Waals surface area (Å²) in [4.78, 5) is 16.8. The van der Waals surface area contributed by atoms with Crippen molar-refractivity contribution < 1.29 is 4.79 Å². The van der Waals surface area contributed by atoms with Gasteiger partial charge in [0.25, 0.3) is 0 Å². The first kappa shape index (κ1) is 12.7. The number of pyridine rings is 1. The van der Waals surface area contributed by atoms with Crippen LogP contribution in [0.15, 0.2) is 36.0 Å². The predicted octanol–water partition coefficient (Wildman–Crippen LogP) is 1.77. The minimum atomic E-state index is -0.591. The molecule has 2 aromatic heterocycles. The lowest BCUT2D eigenvalue weighted by atomic mass is 10.1. The lowest BCUT2D eigenvalue weighted by Crippen LogP contribution is -2.33. The van der Waals surface area contributed by atoms with Crippen LogP contribution in [-0.4, -0.2) is 10.9 Å². The second-order valence-corrected chi connectivity index (χ2v) is 4.99. The average molecular weight is 261 g/mol. The summed E-state index contributed by atoms with van der Waals surface area (Å²) in [5.74, 6) is -0.159. The molecule has 2 heterocycles. The molecule has 0 aliphatic carbocycles. The monoisotopic (exact) mass is 261 g/mol. The predicted molar refractivity (Wildman–Crippen MR) is 72.1 cm³/mol. The first-order chi connectivity index (χ1) is 8.68. The van der Waals surface area contributed by atoms with E-state index in [2.05, 4.69) is 10.3 Å². The van der Waals surface area contributed by atoms with Gasteiger partial charge in [-0.15, -0.1) is 11.3 Å². The number of thiophene rings is 1. The SMILES string of the molecule is Cc1cnccc1CNC(=O)C(N)c1cccs1. The highest BCUT2D eigenvalue weighted by molar-refractivity contribution is 7.10. The smallest absolute Gasteiger partial charge is 0.242 e. The van der Waals surface area contributed by atoms with Gasteiger partial charge in [-0.05, 0) is 35.6 Å². The molecule has 0 spiro atoms. The quantitative estimate of drug-likeness (QED) is 0.881. The topological polar surface area (TPSA) is 68.0 Å². The van der Waals surface area contributed by atoms with Crippen LogP contribution in [0.2, 0.25) is 0 Å². The maximum atomic E-state index is 11.9. The van der Waals surface area contributed by atoms with E-state index in [1.165, 1.54) is 11.3 Å². The highest BCUT2D eigenvalue weighted by Crippen LogP contribution is 2.16. The molecule has 2 aromatic rings. The van der Waals surface area contributed by atoms with E-state index < -0.39 is 6.04 Å². The van der Waals surface area contributed by atoms with Gasteiger partial charge < -0.3 is 11.1 Å². The van der Waals surface area contributed by atoms with Crippen LogP contribution in [0.3, 0.4) is 0 Å². The molecule has 5 heteroatoms. The molecule has 1 atom stereocenters. The number of amides is 1. The Kier molecular flexibility index (Phi) is 4.07. The number of nitrogens with one attached hydrogen (secondary N) is 1. The zero-order valence-electron chi connectivity index (χ0n) is 10.1. The third-order valence-corrected chi connectivity index (χ3v) is 3.68. The molecule has 2 rings (SSSR count). The van der Waals surface area contributed by atoms with Gasteiger partial charge in [-0.3, -0.25) is 9.78 Å². The Hall–Kier alpha value is -1.72. The van der Waals surface area contributed by atoms with E-state index in [9.17, 15) is 4.79 Å². The van der Waals surface area contributed by atoms with E-state index in [-0.39, 0.29) is 5.91 Å². The van der Waals surface area contributed by atoms with Crippen molar-refractivity contribution in [1.29, 1.82) is 0 Å². The van der Waals surface area contributed by atoms with Crippen molar-refractivity contribution in [2.24, 2.45) is 5.73 Å². The Labute approximate surface area is 110 Å². The fourth-order valence-corrected chi connectivity index (χ4v) is 2.32. The zero-order chi connectivity index (χ0) is 13.0.